The summed E-state index contributed by atoms with van der Waals surface area (Å²) >= 11 is 1.52. The van der Waals surface area contributed by atoms with Gasteiger partial charge in [-0.2, -0.15) is 0 Å². The van der Waals surface area contributed by atoms with Crippen molar-refractivity contribution in [3.05, 3.63) is 17.3 Å². The first-order valence-electron chi connectivity index (χ1n) is 4.47. The lowest BCUT2D eigenvalue weighted by atomic mass is 10.3. The Balaban J connectivity index is 2.57. The van der Waals surface area contributed by atoms with E-state index in [1.165, 1.54) is 11.3 Å². The minimum Gasteiger partial charge on any atom is -0.390 e. The van der Waals surface area contributed by atoms with Crippen LogP contribution in [0.4, 0.5) is 5.00 Å². The highest BCUT2D eigenvalue weighted by atomic mass is 32.1. The van der Waals surface area contributed by atoms with E-state index in [0.717, 1.165) is 28.8 Å². The first-order chi connectivity index (χ1) is 6.74. The van der Waals surface area contributed by atoms with Crippen LogP contribution in [0.5, 0.6) is 0 Å². The summed E-state index contributed by atoms with van der Waals surface area (Å²) in [5, 5.41) is 10.9. The van der Waals surface area contributed by atoms with Crippen molar-refractivity contribution in [2.45, 2.75) is 20.4 Å². The highest BCUT2D eigenvalue weighted by molar-refractivity contribution is 7.14. The molecule has 0 bridgehead atoms. The van der Waals surface area contributed by atoms with Gasteiger partial charge in [0.2, 0.25) is 0 Å². The largest absolute Gasteiger partial charge is 0.390 e. The molecule has 2 rings (SSSR count). The molecule has 0 aliphatic carbocycles. The molecule has 0 amide bonds. The number of aryl methyl sites for hydroxylation is 1. The predicted octanol–water partition coefficient (Wildman–Crippen LogP) is 1.92. The molecule has 2 aromatic heterocycles. The molecular weight excluding hydrogens is 196 g/mol. The van der Waals surface area contributed by atoms with Crippen molar-refractivity contribution in [2.24, 2.45) is 0 Å². The van der Waals surface area contributed by atoms with Crippen LogP contribution in [0.1, 0.15) is 12.7 Å². The van der Waals surface area contributed by atoms with Crippen molar-refractivity contribution in [1.82, 2.24) is 14.8 Å². The fourth-order valence-electron chi connectivity index (χ4n) is 1.46. The molecule has 0 unspecified atom stereocenters. The van der Waals surface area contributed by atoms with E-state index in [1.807, 2.05) is 18.4 Å². The van der Waals surface area contributed by atoms with E-state index in [2.05, 4.69) is 21.7 Å². The Morgan fingerprint density at radius 1 is 1.50 bits per heavy atom. The summed E-state index contributed by atoms with van der Waals surface area (Å²) in [7, 11) is 0. The molecule has 5 heteroatoms. The van der Waals surface area contributed by atoms with Crippen molar-refractivity contribution in [1.29, 1.82) is 0 Å². The van der Waals surface area contributed by atoms with Crippen molar-refractivity contribution < 1.29 is 0 Å². The first kappa shape index (κ1) is 9.21. The van der Waals surface area contributed by atoms with Crippen LogP contribution >= 0.6 is 11.3 Å². The maximum atomic E-state index is 5.84. The summed E-state index contributed by atoms with van der Waals surface area (Å²) < 4.78 is 2.05. The third-order valence-corrected chi connectivity index (χ3v) is 2.93. The summed E-state index contributed by atoms with van der Waals surface area (Å²) in [6, 6.07) is 1.98. The summed E-state index contributed by atoms with van der Waals surface area (Å²) in [4.78, 5) is 0. The van der Waals surface area contributed by atoms with Gasteiger partial charge in [-0.25, -0.2) is 0 Å². The van der Waals surface area contributed by atoms with Crippen molar-refractivity contribution in [2.75, 3.05) is 5.73 Å². The van der Waals surface area contributed by atoms with Crippen LogP contribution in [0.3, 0.4) is 0 Å². The average Bonchev–Trinajstić information content (AvgIpc) is 2.71. The van der Waals surface area contributed by atoms with E-state index in [-0.39, 0.29) is 0 Å². The molecule has 2 N–H and O–H groups in total. The van der Waals surface area contributed by atoms with Crippen LogP contribution in [0.15, 0.2) is 11.4 Å². The smallest absolute Gasteiger partial charge is 0.166 e. The van der Waals surface area contributed by atoms with Gasteiger partial charge >= 0.3 is 0 Å². The topological polar surface area (TPSA) is 56.7 Å². The average molecular weight is 208 g/mol. The van der Waals surface area contributed by atoms with Crippen LogP contribution in [0.25, 0.3) is 11.4 Å². The molecule has 4 nitrogen and oxygen atoms in total. The number of anilines is 1. The van der Waals surface area contributed by atoms with Gasteiger partial charge in [0, 0.05) is 6.54 Å². The summed E-state index contributed by atoms with van der Waals surface area (Å²) in [5.74, 6) is 1.79. The predicted molar refractivity (Wildman–Crippen MR) is 58.2 cm³/mol. The fourth-order valence-corrected chi connectivity index (χ4v) is 2.10. The van der Waals surface area contributed by atoms with Gasteiger partial charge in [0.05, 0.1) is 10.6 Å². The minimum absolute atomic E-state index is 0.798. The van der Waals surface area contributed by atoms with Gasteiger partial charge < -0.3 is 10.3 Å². The van der Waals surface area contributed by atoms with Gasteiger partial charge in [0.25, 0.3) is 0 Å². The molecule has 0 aromatic carbocycles. The SMILES string of the molecule is CCn1c(C)nnc1-c1ccsc1N. The van der Waals surface area contributed by atoms with E-state index < -0.39 is 0 Å². The van der Waals surface area contributed by atoms with Gasteiger partial charge in [-0.1, -0.05) is 0 Å². The monoisotopic (exact) mass is 208 g/mol. The second-order valence-electron chi connectivity index (χ2n) is 3.01. The normalized spacial score (nSPS) is 10.7. The van der Waals surface area contributed by atoms with E-state index in [0.29, 0.717) is 0 Å². The number of hydrogen-bond donors (Lipinski definition) is 1. The van der Waals surface area contributed by atoms with E-state index >= 15 is 0 Å². The summed E-state index contributed by atoms with van der Waals surface area (Å²) in [6.07, 6.45) is 0. The Morgan fingerprint density at radius 2 is 2.29 bits per heavy atom. The highest BCUT2D eigenvalue weighted by Gasteiger charge is 2.12. The zero-order chi connectivity index (χ0) is 10.1. The fraction of sp³-hybridized carbons (Fsp3) is 0.333. The Kier molecular flexibility index (Phi) is 2.25. The third kappa shape index (κ3) is 1.29. The first-order valence-corrected chi connectivity index (χ1v) is 5.35. The Morgan fingerprint density at radius 3 is 2.86 bits per heavy atom. The number of rotatable bonds is 2. The molecule has 0 aliphatic heterocycles. The lowest BCUT2D eigenvalue weighted by Crippen LogP contribution is -2.00. The molecule has 0 atom stereocenters. The van der Waals surface area contributed by atoms with Crippen LogP contribution in [0, 0.1) is 6.92 Å². The van der Waals surface area contributed by atoms with Gasteiger partial charge in [0.1, 0.15) is 5.82 Å². The maximum Gasteiger partial charge on any atom is 0.166 e. The highest BCUT2D eigenvalue weighted by Crippen LogP contribution is 2.29. The third-order valence-electron chi connectivity index (χ3n) is 2.19. The van der Waals surface area contributed by atoms with E-state index in [1.54, 1.807) is 0 Å². The molecule has 0 spiro atoms. The van der Waals surface area contributed by atoms with Crippen LogP contribution in [-0.2, 0) is 6.54 Å². The van der Waals surface area contributed by atoms with Gasteiger partial charge in [-0.3, -0.25) is 0 Å². The second-order valence-corrected chi connectivity index (χ2v) is 3.96. The number of aromatic nitrogens is 3. The molecule has 2 heterocycles. The molecule has 74 valence electrons. The number of hydrogen-bond acceptors (Lipinski definition) is 4. The van der Waals surface area contributed by atoms with Crippen LogP contribution in [0.2, 0.25) is 0 Å². The maximum absolute atomic E-state index is 5.84. The van der Waals surface area contributed by atoms with Gasteiger partial charge in [-0.05, 0) is 25.3 Å². The molecule has 0 radical (unpaired) electrons. The number of thiophene rings is 1. The number of nitrogen functional groups attached to an aromatic ring is 1. The minimum atomic E-state index is 0.798. The van der Waals surface area contributed by atoms with Crippen molar-refractivity contribution >= 4 is 16.3 Å². The standard InChI is InChI=1S/C9H12N4S/c1-3-13-6(2)11-12-9(13)7-4-5-14-8(7)10/h4-5H,3,10H2,1-2H3. The molecular formula is C9H12N4S. The van der Waals surface area contributed by atoms with Crippen LogP contribution in [-0.4, -0.2) is 14.8 Å². The number of nitrogens with zero attached hydrogens (tertiary/aromatic N) is 3. The summed E-state index contributed by atoms with van der Waals surface area (Å²) in [5.41, 5.74) is 6.83. The van der Waals surface area contributed by atoms with E-state index in [4.69, 9.17) is 5.73 Å². The number of nitrogens with two attached hydrogens (primary N) is 1. The van der Waals surface area contributed by atoms with Crippen molar-refractivity contribution in [3.8, 4) is 11.4 Å². The lowest BCUT2D eigenvalue weighted by molar-refractivity contribution is 0.737. The van der Waals surface area contributed by atoms with E-state index in [9.17, 15) is 0 Å². The van der Waals surface area contributed by atoms with Crippen LogP contribution < -0.4 is 5.73 Å². The molecule has 2 aromatic rings. The second kappa shape index (κ2) is 3.42. The van der Waals surface area contributed by atoms with Gasteiger partial charge in [0.15, 0.2) is 5.82 Å². The Labute approximate surface area is 86.4 Å². The molecule has 0 aliphatic rings. The molecule has 0 fully saturated rings. The summed E-state index contributed by atoms with van der Waals surface area (Å²) in [6.45, 7) is 4.88. The zero-order valence-corrected chi connectivity index (χ0v) is 9.01. The molecule has 0 saturated carbocycles. The molecule has 0 saturated heterocycles. The van der Waals surface area contributed by atoms with Crippen molar-refractivity contribution in [3.63, 3.8) is 0 Å². The lowest BCUT2D eigenvalue weighted by Gasteiger charge is -2.03. The molecule has 14 heavy (non-hydrogen) atoms. The van der Waals surface area contributed by atoms with Gasteiger partial charge in [-0.15, -0.1) is 21.5 Å². The quantitative estimate of drug-likeness (QED) is 0.820. The Hall–Kier alpha value is -1.36. The Bertz CT molecular complexity index is 443. The zero-order valence-electron chi connectivity index (χ0n) is 8.19.